The molecule has 20 heavy (non-hydrogen) atoms. The van der Waals surface area contributed by atoms with Crippen molar-refractivity contribution in [2.24, 2.45) is 7.05 Å². The van der Waals surface area contributed by atoms with Crippen LogP contribution in [0.5, 0.6) is 0 Å². The van der Waals surface area contributed by atoms with Crippen molar-refractivity contribution in [2.45, 2.75) is 13.8 Å². The number of nitrogens with zero attached hydrogens (tertiary/aromatic N) is 3. The summed E-state index contributed by atoms with van der Waals surface area (Å²) in [6.07, 6.45) is 1.65. The number of carbonyl (C=O) groups is 1. The number of fused-ring (bicyclic) bond motifs is 1. The maximum absolute atomic E-state index is 12.1. The zero-order valence-electron chi connectivity index (χ0n) is 11.5. The first-order valence-electron chi connectivity index (χ1n) is 6.22. The van der Waals surface area contributed by atoms with Gasteiger partial charge in [0.1, 0.15) is 0 Å². The predicted octanol–water partition coefficient (Wildman–Crippen LogP) is 2.90. The Labute approximate surface area is 120 Å². The topological polar surface area (TPSA) is 59.8 Å². The molecule has 3 heterocycles. The maximum Gasteiger partial charge on any atom is 0.265 e. The molecule has 0 radical (unpaired) electrons. The van der Waals surface area contributed by atoms with E-state index in [0.29, 0.717) is 10.6 Å². The van der Waals surface area contributed by atoms with E-state index in [-0.39, 0.29) is 5.91 Å². The van der Waals surface area contributed by atoms with Gasteiger partial charge in [-0.3, -0.25) is 9.48 Å². The van der Waals surface area contributed by atoms with Gasteiger partial charge in [-0.1, -0.05) is 0 Å². The Morgan fingerprint density at radius 3 is 2.85 bits per heavy atom. The van der Waals surface area contributed by atoms with Crippen molar-refractivity contribution < 1.29 is 4.79 Å². The quantitative estimate of drug-likeness (QED) is 0.788. The molecule has 0 aliphatic carbocycles. The van der Waals surface area contributed by atoms with Crippen LogP contribution in [0.25, 0.3) is 11.0 Å². The number of aromatic nitrogens is 3. The molecule has 102 valence electrons. The fraction of sp³-hybridized carbons (Fsp3) is 0.214. The fourth-order valence-corrected chi connectivity index (χ4v) is 2.89. The van der Waals surface area contributed by atoms with Gasteiger partial charge in [-0.2, -0.15) is 5.10 Å². The van der Waals surface area contributed by atoms with Gasteiger partial charge in [-0.15, -0.1) is 11.3 Å². The van der Waals surface area contributed by atoms with Crippen LogP contribution in [0, 0.1) is 13.8 Å². The van der Waals surface area contributed by atoms with Gasteiger partial charge in [0, 0.05) is 17.3 Å². The molecule has 3 aromatic heterocycles. The first-order chi connectivity index (χ1) is 9.54. The van der Waals surface area contributed by atoms with Crippen molar-refractivity contribution >= 4 is 34.0 Å². The molecule has 0 atom stereocenters. The predicted molar refractivity (Wildman–Crippen MR) is 80.3 cm³/mol. The molecule has 0 saturated carbocycles. The minimum Gasteiger partial charge on any atom is -0.320 e. The molecule has 0 fully saturated rings. The van der Waals surface area contributed by atoms with Crippen molar-refractivity contribution in [3.63, 3.8) is 0 Å². The minimum atomic E-state index is -0.106. The molecule has 0 aromatic carbocycles. The second-order valence-corrected chi connectivity index (χ2v) is 5.96. The molecule has 0 aliphatic rings. The molecule has 3 rings (SSSR count). The first-order valence-corrected chi connectivity index (χ1v) is 7.03. The van der Waals surface area contributed by atoms with E-state index in [4.69, 9.17) is 0 Å². The van der Waals surface area contributed by atoms with Crippen LogP contribution >= 0.6 is 11.3 Å². The summed E-state index contributed by atoms with van der Waals surface area (Å²) in [5.41, 5.74) is 2.40. The van der Waals surface area contributed by atoms with Gasteiger partial charge in [0.25, 0.3) is 5.91 Å². The number of carbonyl (C=O) groups excluding carboxylic acids is 1. The molecule has 0 bridgehead atoms. The summed E-state index contributed by atoms with van der Waals surface area (Å²) < 4.78 is 1.74. The molecule has 3 aromatic rings. The summed E-state index contributed by atoms with van der Waals surface area (Å²) in [6, 6.07) is 5.67. The highest BCUT2D eigenvalue weighted by Crippen LogP contribution is 2.21. The fourth-order valence-electron chi connectivity index (χ4n) is 2.13. The summed E-state index contributed by atoms with van der Waals surface area (Å²) >= 11 is 1.48. The number of hydrogen-bond donors (Lipinski definition) is 1. The van der Waals surface area contributed by atoms with Crippen LogP contribution in [0.3, 0.4) is 0 Å². The lowest BCUT2D eigenvalue weighted by molar-refractivity contribution is 0.103. The Hall–Kier alpha value is -2.21. The van der Waals surface area contributed by atoms with Gasteiger partial charge in [0.15, 0.2) is 5.65 Å². The second-order valence-electron chi connectivity index (χ2n) is 4.67. The Balaban J connectivity index is 1.91. The standard InChI is InChI=1S/C14H14N4OS/c1-8-4-5-12(20-8)14(19)16-10-6-11-9(2)17-18(3)13(11)15-7-10/h4-7H,1-3H3,(H,16,19). The normalized spacial score (nSPS) is 10.9. The number of thiophene rings is 1. The third kappa shape index (κ3) is 2.18. The lowest BCUT2D eigenvalue weighted by Gasteiger charge is -2.03. The molecule has 0 aliphatic heterocycles. The van der Waals surface area contributed by atoms with Gasteiger partial charge < -0.3 is 5.32 Å². The van der Waals surface area contributed by atoms with E-state index in [1.54, 1.807) is 10.9 Å². The van der Waals surface area contributed by atoms with E-state index < -0.39 is 0 Å². The minimum absolute atomic E-state index is 0.106. The Bertz CT molecular complexity index is 803. The molecular formula is C14H14N4OS. The molecule has 5 nitrogen and oxygen atoms in total. The Morgan fingerprint density at radius 2 is 2.15 bits per heavy atom. The van der Waals surface area contributed by atoms with E-state index in [0.717, 1.165) is 21.6 Å². The van der Waals surface area contributed by atoms with E-state index in [1.807, 2.05) is 39.1 Å². The Kier molecular flexibility index (Phi) is 3.02. The van der Waals surface area contributed by atoms with E-state index in [9.17, 15) is 4.79 Å². The average Bonchev–Trinajstić information content (AvgIpc) is 2.95. The zero-order valence-corrected chi connectivity index (χ0v) is 12.3. The number of hydrogen-bond acceptors (Lipinski definition) is 4. The molecule has 6 heteroatoms. The van der Waals surface area contributed by atoms with Crippen molar-refractivity contribution in [3.05, 3.63) is 39.8 Å². The molecule has 1 amide bonds. The van der Waals surface area contributed by atoms with E-state index >= 15 is 0 Å². The van der Waals surface area contributed by atoms with Crippen molar-refractivity contribution in [1.82, 2.24) is 14.8 Å². The molecule has 0 spiro atoms. The number of amides is 1. The van der Waals surface area contributed by atoms with Crippen LogP contribution < -0.4 is 5.32 Å². The highest BCUT2D eigenvalue weighted by molar-refractivity contribution is 7.14. The van der Waals surface area contributed by atoms with Crippen molar-refractivity contribution in [1.29, 1.82) is 0 Å². The lowest BCUT2D eigenvalue weighted by Crippen LogP contribution is -2.10. The van der Waals surface area contributed by atoms with Gasteiger partial charge >= 0.3 is 0 Å². The molecular weight excluding hydrogens is 272 g/mol. The van der Waals surface area contributed by atoms with Crippen LogP contribution in [0.15, 0.2) is 24.4 Å². The largest absolute Gasteiger partial charge is 0.320 e. The van der Waals surface area contributed by atoms with Crippen LogP contribution in [-0.2, 0) is 7.05 Å². The molecule has 0 saturated heterocycles. The molecule has 0 unspecified atom stereocenters. The molecule has 1 N–H and O–H groups in total. The lowest BCUT2D eigenvalue weighted by atomic mass is 10.2. The second kappa shape index (κ2) is 4.72. The van der Waals surface area contributed by atoms with Crippen LogP contribution in [-0.4, -0.2) is 20.7 Å². The SMILES string of the molecule is Cc1ccc(C(=O)Nc2cnc3c(c2)c(C)nn3C)s1. The number of nitrogens with one attached hydrogen (secondary N) is 1. The number of pyridine rings is 1. The van der Waals surface area contributed by atoms with Gasteiger partial charge in [0.05, 0.1) is 22.5 Å². The number of rotatable bonds is 2. The summed E-state index contributed by atoms with van der Waals surface area (Å²) in [7, 11) is 1.86. The van der Waals surface area contributed by atoms with Gasteiger partial charge in [-0.05, 0) is 32.0 Å². The Morgan fingerprint density at radius 1 is 1.35 bits per heavy atom. The zero-order chi connectivity index (χ0) is 14.3. The first kappa shape index (κ1) is 12.8. The summed E-state index contributed by atoms with van der Waals surface area (Å²) in [4.78, 5) is 18.3. The number of anilines is 1. The van der Waals surface area contributed by atoms with E-state index in [1.165, 1.54) is 11.3 Å². The van der Waals surface area contributed by atoms with E-state index in [2.05, 4.69) is 15.4 Å². The van der Waals surface area contributed by atoms with Crippen LogP contribution in [0.2, 0.25) is 0 Å². The third-order valence-electron chi connectivity index (χ3n) is 3.08. The monoisotopic (exact) mass is 286 g/mol. The summed E-state index contributed by atoms with van der Waals surface area (Å²) in [6.45, 7) is 3.91. The summed E-state index contributed by atoms with van der Waals surface area (Å²) in [5.74, 6) is -0.106. The van der Waals surface area contributed by atoms with Gasteiger partial charge in [-0.25, -0.2) is 4.98 Å². The van der Waals surface area contributed by atoms with Crippen molar-refractivity contribution in [2.75, 3.05) is 5.32 Å². The maximum atomic E-state index is 12.1. The number of aryl methyl sites for hydroxylation is 3. The average molecular weight is 286 g/mol. The smallest absolute Gasteiger partial charge is 0.265 e. The highest BCUT2D eigenvalue weighted by atomic mass is 32.1. The third-order valence-corrected chi connectivity index (χ3v) is 4.08. The van der Waals surface area contributed by atoms with Gasteiger partial charge in [0.2, 0.25) is 0 Å². The highest BCUT2D eigenvalue weighted by Gasteiger charge is 2.11. The van der Waals surface area contributed by atoms with Crippen LogP contribution in [0.1, 0.15) is 20.2 Å². The van der Waals surface area contributed by atoms with Crippen molar-refractivity contribution in [3.8, 4) is 0 Å². The summed E-state index contributed by atoms with van der Waals surface area (Å²) in [5, 5.41) is 8.14. The van der Waals surface area contributed by atoms with Crippen LogP contribution in [0.4, 0.5) is 5.69 Å².